The Labute approximate surface area is 100 Å². The van der Waals surface area contributed by atoms with Crippen LogP contribution >= 0.6 is 0 Å². The minimum atomic E-state index is -3.63. The van der Waals surface area contributed by atoms with Crippen molar-refractivity contribution in [1.82, 2.24) is 4.72 Å². The number of benzene rings is 1. The molecule has 0 aliphatic carbocycles. The van der Waals surface area contributed by atoms with Gasteiger partial charge in [-0.3, -0.25) is 0 Å². The second-order valence-corrected chi connectivity index (χ2v) is 5.78. The van der Waals surface area contributed by atoms with Crippen molar-refractivity contribution >= 4 is 10.0 Å². The number of para-hydroxylation sites is 1. The Balaban J connectivity index is 2.06. The molecule has 6 heteroatoms. The van der Waals surface area contributed by atoms with Crippen LogP contribution in [0.1, 0.15) is 6.42 Å². The van der Waals surface area contributed by atoms with Crippen molar-refractivity contribution in [2.24, 2.45) is 5.92 Å². The number of rotatable bonds is 4. The van der Waals surface area contributed by atoms with Crippen molar-refractivity contribution < 1.29 is 18.3 Å². The number of phenols is 1. The first-order valence-corrected chi connectivity index (χ1v) is 6.93. The van der Waals surface area contributed by atoms with Gasteiger partial charge in [-0.25, -0.2) is 13.1 Å². The Hall–Kier alpha value is -1.11. The standard InChI is InChI=1S/C11H15NO4S/c13-10-3-1-2-4-11(10)17(14,15)12-7-9-5-6-16-8-9/h1-4,9,12-13H,5-8H2. The highest BCUT2D eigenvalue weighted by Crippen LogP contribution is 2.21. The molecule has 2 N–H and O–H groups in total. The zero-order chi connectivity index (χ0) is 12.3. The Kier molecular flexibility index (Phi) is 3.66. The van der Waals surface area contributed by atoms with Crippen molar-refractivity contribution in [3.8, 4) is 5.75 Å². The third-order valence-corrected chi connectivity index (χ3v) is 4.21. The van der Waals surface area contributed by atoms with Crippen LogP contribution in [0.2, 0.25) is 0 Å². The average Bonchev–Trinajstić information content (AvgIpc) is 2.80. The molecule has 1 saturated heterocycles. The first-order chi connectivity index (χ1) is 8.09. The van der Waals surface area contributed by atoms with Gasteiger partial charge < -0.3 is 9.84 Å². The summed E-state index contributed by atoms with van der Waals surface area (Å²) in [5.74, 6) is -0.0155. The summed E-state index contributed by atoms with van der Waals surface area (Å²) in [5.41, 5.74) is 0. The summed E-state index contributed by atoms with van der Waals surface area (Å²) in [7, 11) is -3.63. The number of aromatic hydroxyl groups is 1. The van der Waals surface area contributed by atoms with Crippen LogP contribution in [-0.2, 0) is 14.8 Å². The van der Waals surface area contributed by atoms with Gasteiger partial charge in [0, 0.05) is 13.2 Å². The highest BCUT2D eigenvalue weighted by atomic mass is 32.2. The second kappa shape index (κ2) is 5.03. The average molecular weight is 257 g/mol. The van der Waals surface area contributed by atoms with Gasteiger partial charge in [-0.2, -0.15) is 0 Å². The zero-order valence-corrected chi connectivity index (χ0v) is 10.1. The fourth-order valence-corrected chi connectivity index (χ4v) is 2.95. The summed E-state index contributed by atoms with van der Waals surface area (Å²) in [5, 5.41) is 9.49. The van der Waals surface area contributed by atoms with E-state index >= 15 is 0 Å². The molecular formula is C11H15NO4S. The van der Waals surface area contributed by atoms with E-state index in [1.165, 1.54) is 12.1 Å². The molecule has 0 bridgehead atoms. The van der Waals surface area contributed by atoms with Gasteiger partial charge in [-0.05, 0) is 24.5 Å². The molecule has 0 radical (unpaired) electrons. The smallest absolute Gasteiger partial charge is 0.244 e. The maximum absolute atomic E-state index is 11.9. The Morgan fingerprint density at radius 2 is 2.18 bits per heavy atom. The predicted molar refractivity (Wildman–Crippen MR) is 62.2 cm³/mol. The van der Waals surface area contributed by atoms with Crippen LogP contribution in [0.4, 0.5) is 0 Å². The molecule has 0 saturated carbocycles. The van der Waals surface area contributed by atoms with E-state index in [4.69, 9.17) is 4.74 Å². The van der Waals surface area contributed by atoms with Crippen molar-refractivity contribution in [2.75, 3.05) is 19.8 Å². The highest BCUT2D eigenvalue weighted by Gasteiger charge is 2.21. The van der Waals surface area contributed by atoms with Gasteiger partial charge in [-0.15, -0.1) is 0 Å². The van der Waals surface area contributed by atoms with E-state index < -0.39 is 10.0 Å². The molecule has 0 amide bonds. The van der Waals surface area contributed by atoms with Crippen LogP contribution in [0.3, 0.4) is 0 Å². The summed E-state index contributed by atoms with van der Waals surface area (Å²) >= 11 is 0. The quantitative estimate of drug-likeness (QED) is 0.833. The van der Waals surface area contributed by atoms with Crippen LogP contribution in [0.5, 0.6) is 5.75 Å². The first-order valence-electron chi connectivity index (χ1n) is 5.45. The van der Waals surface area contributed by atoms with E-state index in [2.05, 4.69) is 4.72 Å². The molecule has 17 heavy (non-hydrogen) atoms. The molecule has 1 heterocycles. The lowest BCUT2D eigenvalue weighted by Crippen LogP contribution is -2.29. The molecule has 1 aliphatic rings. The van der Waals surface area contributed by atoms with Crippen LogP contribution in [-0.4, -0.2) is 33.3 Å². The van der Waals surface area contributed by atoms with Gasteiger partial charge in [-0.1, -0.05) is 12.1 Å². The van der Waals surface area contributed by atoms with Gasteiger partial charge in [0.2, 0.25) is 10.0 Å². The summed E-state index contributed by atoms with van der Waals surface area (Å²) < 4.78 is 31.5. The Morgan fingerprint density at radius 1 is 1.41 bits per heavy atom. The molecule has 1 fully saturated rings. The van der Waals surface area contributed by atoms with E-state index in [1.54, 1.807) is 12.1 Å². The largest absolute Gasteiger partial charge is 0.507 e. The molecule has 1 aliphatic heterocycles. The number of hydrogen-bond donors (Lipinski definition) is 2. The van der Waals surface area contributed by atoms with Crippen molar-refractivity contribution in [2.45, 2.75) is 11.3 Å². The maximum atomic E-state index is 11.9. The fraction of sp³-hybridized carbons (Fsp3) is 0.455. The molecule has 0 aromatic heterocycles. The monoisotopic (exact) mass is 257 g/mol. The SMILES string of the molecule is O=S(=O)(NCC1CCOC1)c1ccccc1O. The molecule has 1 aromatic carbocycles. The van der Waals surface area contributed by atoms with Crippen LogP contribution in [0, 0.1) is 5.92 Å². The summed E-state index contributed by atoms with van der Waals surface area (Å²) in [4.78, 5) is -0.0843. The summed E-state index contributed by atoms with van der Waals surface area (Å²) in [6.45, 7) is 1.61. The number of hydrogen-bond acceptors (Lipinski definition) is 4. The summed E-state index contributed by atoms with van der Waals surface area (Å²) in [6.07, 6.45) is 0.864. The normalized spacial score (nSPS) is 20.6. The maximum Gasteiger partial charge on any atom is 0.244 e. The van der Waals surface area contributed by atoms with E-state index in [-0.39, 0.29) is 16.6 Å². The molecule has 2 rings (SSSR count). The van der Waals surface area contributed by atoms with Crippen molar-refractivity contribution in [3.63, 3.8) is 0 Å². The molecule has 1 unspecified atom stereocenters. The fourth-order valence-electron chi connectivity index (χ4n) is 1.73. The van der Waals surface area contributed by atoms with Gasteiger partial charge in [0.15, 0.2) is 0 Å². The lowest BCUT2D eigenvalue weighted by Gasteiger charge is -2.11. The van der Waals surface area contributed by atoms with Gasteiger partial charge in [0.25, 0.3) is 0 Å². The van der Waals surface area contributed by atoms with Gasteiger partial charge in [0.05, 0.1) is 6.61 Å². The number of sulfonamides is 1. The molecule has 1 aromatic rings. The molecule has 5 nitrogen and oxygen atoms in total. The van der Waals surface area contributed by atoms with Crippen molar-refractivity contribution in [3.05, 3.63) is 24.3 Å². The number of nitrogens with one attached hydrogen (secondary N) is 1. The third-order valence-electron chi connectivity index (χ3n) is 2.74. The molecule has 0 spiro atoms. The van der Waals surface area contributed by atoms with E-state index in [1.807, 2.05) is 0 Å². The molecular weight excluding hydrogens is 242 g/mol. The van der Waals surface area contributed by atoms with E-state index in [0.29, 0.717) is 19.8 Å². The second-order valence-electron chi connectivity index (χ2n) is 4.05. The lowest BCUT2D eigenvalue weighted by atomic mass is 10.1. The van der Waals surface area contributed by atoms with Crippen molar-refractivity contribution in [1.29, 1.82) is 0 Å². The first kappa shape index (κ1) is 12.3. The van der Waals surface area contributed by atoms with Crippen LogP contribution in [0.15, 0.2) is 29.2 Å². The van der Waals surface area contributed by atoms with Crippen LogP contribution in [0.25, 0.3) is 0 Å². The number of phenolic OH excluding ortho intramolecular Hbond substituents is 1. The van der Waals surface area contributed by atoms with Gasteiger partial charge >= 0.3 is 0 Å². The highest BCUT2D eigenvalue weighted by molar-refractivity contribution is 7.89. The molecule has 94 valence electrons. The van der Waals surface area contributed by atoms with E-state index in [0.717, 1.165) is 6.42 Å². The molecule has 1 atom stereocenters. The number of ether oxygens (including phenoxy) is 1. The summed E-state index contributed by atoms with van der Waals surface area (Å²) in [6, 6.07) is 5.89. The lowest BCUT2D eigenvalue weighted by molar-refractivity contribution is 0.186. The third kappa shape index (κ3) is 2.96. The Morgan fingerprint density at radius 3 is 2.82 bits per heavy atom. The Bertz CT molecular complexity index is 480. The predicted octanol–water partition coefficient (Wildman–Crippen LogP) is 0.707. The minimum Gasteiger partial charge on any atom is -0.507 e. The zero-order valence-electron chi connectivity index (χ0n) is 9.30. The van der Waals surface area contributed by atoms with E-state index in [9.17, 15) is 13.5 Å². The topological polar surface area (TPSA) is 75.6 Å². The van der Waals surface area contributed by atoms with Crippen LogP contribution < -0.4 is 4.72 Å². The minimum absolute atomic E-state index is 0.0843. The van der Waals surface area contributed by atoms with Gasteiger partial charge in [0.1, 0.15) is 10.6 Å².